The van der Waals surface area contributed by atoms with Crippen LogP contribution in [0.2, 0.25) is 0 Å². The average Bonchev–Trinajstić information content (AvgIpc) is 3.14. The molecule has 2 aromatic carbocycles. The second-order valence-electron chi connectivity index (χ2n) is 8.66. The number of aliphatic hydroxyl groups is 1. The van der Waals surface area contributed by atoms with E-state index in [4.69, 9.17) is 5.11 Å². The Labute approximate surface area is 202 Å². The van der Waals surface area contributed by atoms with E-state index in [1.54, 1.807) is 24.3 Å². The van der Waals surface area contributed by atoms with Crippen LogP contribution in [-0.4, -0.2) is 61.6 Å². The van der Waals surface area contributed by atoms with Crippen LogP contribution in [0.15, 0.2) is 50.7 Å². The Hall–Kier alpha value is -2.20. The van der Waals surface area contributed by atoms with E-state index in [1.807, 2.05) is 26.0 Å². The fraction of sp³-hybridized carbons (Fsp3) is 0.375. The lowest BCUT2D eigenvalue weighted by atomic mass is 10.0. The predicted molar refractivity (Wildman–Crippen MR) is 131 cm³/mol. The van der Waals surface area contributed by atoms with Crippen LogP contribution in [0.5, 0.6) is 0 Å². The number of nitrogens with zero attached hydrogens (tertiary/aromatic N) is 1. The summed E-state index contributed by atoms with van der Waals surface area (Å²) < 4.78 is 28.4. The molecule has 1 fully saturated rings. The van der Waals surface area contributed by atoms with Gasteiger partial charge in [0.25, 0.3) is 5.91 Å². The summed E-state index contributed by atoms with van der Waals surface area (Å²) in [6, 6.07) is 10.4. The van der Waals surface area contributed by atoms with E-state index in [0.29, 0.717) is 17.4 Å². The summed E-state index contributed by atoms with van der Waals surface area (Å²) in [6.07, 6.45) is 1.49. The average molecular weight is 534 g/mol. The van der Waals surface area contributed by atoms with E-state index < -0.39 is 15.7 Å². The lowest BCUT2D eigenvalue weighted by Gasteiger charge is -2.31. The van der Waals surface area contributed by atoms with Crippen molar-refractivity contribution in [2.75, 3.05) is 26.2 Å². The van der Waals surface area contributed by atoms with Gasteiger partial charge in [-0.25, -0.2) is 8.42 Å². The zero-order chi connectivity index (χ0) is 23.8. The molecule has 3 N–H and O–H groups in total. The van der Waals surface area contributed by atoms with Crippen molar-refractivity contribution in [1.29, 1.82) is 0 Å². The van der Waals surface area contributed by atoms with Crippen LogP contribution >= 0.6 is 15.9 Å². The summed E-state index contributed by atoms with van der Waals surface area (Å²) in [6.45, 7) is 6.00. The van der Waals surface area contributed by atoms with Crippen LogP contribution in [-0.2, 0) is 9.84 Å². The number of sulfone groups is 1. The molecule has 0 atom stereocenters. The number of nitrogens with one attached hydrogen (secondary N) is 2. The van der Waals surface area contributed by atoms with Gasteiger partial charge in [0.2, 0.25) is 9.84 Å². The fourth-order valence-electron chi connectivity index (χ4n) is 4.48. The second-order valence-corrected chi connectivity index (χ2v) is 11.5. The maximum Gasteiger partial charge on any atom is 0.269 e. The Balaban J connectivity index is 1.73. The molecule has 1 saturated heterocycles. The summed E-state index contributed by atoms with van der Waals surface area (Å²) in [7, 11) is -3.97. The number of aliphatic hydroxyl groups excluding tert-OH is 1. The number of aromatic nitrogens is 1. The Kier molecular flexibility index (Phi) is 6.95. The van der Waals surface area contributed by atoms with Crippen LogP contribution in [0.1, 0.15) is 34.5 Å². The van der Waals surface area contributed by atoms with E-state index in [0.717, 1.165) is 41.5 Å². The van der Waals surface area contributed by atoms with Gasteiger partial charge < -0.3 is 20.3 Å². The minimum absolute atomic E-state index is 0.000911. The molecule has 4 rings (SSSR count). The first kappa shape index (κ1) is 23.9. The normalized spacial score (nSPS) is 15.8. The van der Waals surface area contributed by atoms with Crippen molar-refractivity contribution >= 4 is 42.6 Å². The molecule has 1 aliphatic rings. The van der Waals surface area contributed by atoms with Crippen LogP contribution in [0.4, 0.5) is 0 Å². The summed E-state index contributed by atoms with van der Waals surface area (Å²) in [5, 5.41) is 12.6. The monoisotopic (exact) mass is 533 g/mol. The largest absolute Gasteiger partial charge is 0.395 e. The zero-order valence-electron chi connectivity index (χ0n) is 18.7. The minimum Gasteiger partial charge on any atom is -0.395 e. The van der Waals surface area contributed by atoms with Crippen molar-refractivity contribution < 1.29 is 18.3 Å². The Morgan fingerprint density at radius 1 is 1.15 bits per heavy atom. The van der Waals surface area contributed by atoms with Crippen LogP contribution in [0.3, 0.4) is 0 Å². The highest BCUT2D eigenvalue weighted by Crippen LogP contribution is 2.34. The van der Waals surface area contributed by atoms with Crippen molar-refractivity contribution in [2.24, 2.45) is 0 Å². The predicted octanol–water partition coefficient (Wildman–Crippen LogP) is 3.57. The number of rotatable bonds is 6. The zero-order valence-corrected chi connectivity index (χ0v) is 21.1. The molecule has 0 radical (unpaired) electrons. The number of amides is 1. The number of β-amino-alcohol motifs (C(OH)–C–C–N with tert-alkyl or cyclic N) is 1. The molecule has 7 nitrogen and oxygen atoms in total. The first-order valence-electron chi connectivity index (χ1n) is 11.0. The molecule has 0 bridgehead atoms. The van der Waals surface area contributed by atoms with Crippen LogP contribution in [0.25, 0.3) is 10.9 Å². The van der Waals surface area contributed by atoms with Gasteiger partial charge in [-0.3, -0.25) is 4.79 Å². The lowest BCUT2D eigenvalue weighted by Crippen LogP contribution is -2.45. The van der Waals surface area contributed by atoms with Gasteiger partial charge in [0.1, 0.15) is 10.6 Å². The number of hydrogen-bond donors (Lipinski definition) is 3. The van der Waals surface area contributed by atoms with Gasteiger partial charge >= 0.3 is 0 Å². The Bertz CT molecular complexity index is 1270. The molecule has 0 spiro atoms. The first-order valence-corrected chi connectivity index (χ1v) is 13.3. The van der Waals surface area contributed by atoms with E-state index in [1.165, 1.54) is 0 Å². The molecule has 33 heavy (non-hydrogen) atoms. The molecule has 176 valence electrons. The van der Waals surface area contributed by atoms with Crippen LogP contribution in [0, 0.1) is 13.8 Å². The number of carbonyl (C=O) groups is 1. The molecular formula is C24H28BrN3O4S. The quantitative estimate of drug-likeness (QED) is 0.449. The van der Waals surface area contributed by atoms with Gasteiger partial charge in [-0.05, 0) is 68.1 Å². The number of H-pyrrole nitrogens is 1. The third kappa shape index (κ3) is 5.01. The number of fused-ring (bicyclic) bond motifs is 1. The molecule has 2 heterocycles. The SMILES string of the molecule is Cc1cc(C)cc(S(=O)(=O)c2c(C(=O)NC3CCN(CCO)CC3)[nH]c3ccc(Br)cc23)c1. The summed E-state index contributed by atoms with van der Waals surface area (Å²) >= 11 is 3.43. The number of likely N-dealkylation sites (tertiary alicyclic amines) is 1. The molecule has 1 aromatic heterocycles. The van der Waals surface area contributed by atoms with E-state index in [2.05, 4.69) is 31.1 Å². The number of aryl methyl sites for hydroxylation is 2. The number of hydrogen-bond acceptors (Lipinski definition) is 5. The van der Waals surface area contributed by atoms with Crippen molar-refractivity contribution in [1.82, 2.24) is 15.2 Å². The van der Waals surface area contributed by atoms with Gasteiger partial charge in [0.15, 0.2) is 0 Å². The lowest BCUT2D eigenvalue weighted by molar-refractivity contribution is 0.0895. The summed E-state index contributed by atoms with van der Waals surface area (Å²) in [5.74, 6) is -0.425. The standard InChI is InChI=1S/C24H28BrN3O4S/c1-15-11-16(2)13-19(12-15)33(31,32)23-20-14-17(25)3-4-21(20)27-22(23)24(30)26-18-5-7-28(8-6-18)9-10-29/h3-4,11-14,18,27,29H,5-10H2,1-2H3,(H,26,30). The maximum absolute atomic E-state index is 13.8. The van der Waals surface area contributed by atoms with Gasteiger partial charge in [-0.15, -0.1) is 0 Å². The summed E-state index contributed by atoms with van der Waals surface area (Å²) in [5.41, 5.74) is 2.33. The molecule has 9 heteroatoms. The van der Waals surface area contributed by atoms with Gasteiger partial charge in [-0.1, -0.05) is 22.0 Å². The molecule has 0 saturated carbocycles. The number of aromatic amines is 1. The maximum atomic E-state index is 13.8. The summed E-state index contributed by atoms with van der Waals surface area (Å²) in [4.78, 5) is 18.7. The third-order valence-electron chi connectivity index (χ3n) is 6.05. The molecule has 0 unspecified atom stereocenters. The minimum atomic E-state index is -3.97. The molecule has 3 aromatic rings. The highest BCUT2D eigenvalue weighted by Gasteiger charge is 2.31. The topological polar surface area (TPSA) is 102 Å². The third-order valence-corrected chi connectivity index (χ3v) is 8.36. The Morgan fingerprint density at radius 3 is 2.45 bits per heavy atom. The number of piperidine rings is 1. The van der Waals surface area contributed by atoms with Gasteiger partial charge in [0, 0.05) is 41.1 Å². The van der Waals surface area contributed by atoms with Crippen LogP contribution < -0.4 is 5.32 Å². The number of carbonyl (C=O) groups excluding carboxylic acids is 1. The van der Waals surface area contributed by atoms with Crippen molar-refractivity contribution in [2.45, 2.75) is 42.5 Å². The van der Waals surface area contributed by atoms with E-state index in [9.17, 15) is 13.2 Å². The highest BCUT2D eigenvalue weighted by atomic mass is 79.9. The van der Waals surface area contributed by atoms with Gasteiger partial charge in [-0.2, -0.15) is 0 Å². The van der Waals surface area contributed by atoms with Crippen molar-refractivity contribution in [3.8, 4) is 0 Å². The van der Waals surface area contributed by atoms with E-state index in [-0.39, 0.29) is 28.1 Å². The Morgan fingerprint density at radius 2 is 1.82 bits per heavy atom. The molecule has 1 amide bonds. The molecule has 0 aliphatic carbocycles. The smallest absolute Gasteiger partial charge is 0.269 e. The van der Waals surface area contributed by atoms with E-state index >= 15 is 0 Å². The number of halogens is 1. The first-order chi connectivity index (χ1) is 15.7. The fourth-order valence-corrected chi connectivity index (χ4v) is 6.63. The second kappa shape index (κ2) is 9.58. The highest BCUT2D eigenvalue weighted by molar-refractivity contribution is 9.10. The molecule has 1 aliphatic heterocycles. The molecular weight excluding hydrogens is 506 g/mol. The van der Waals surface area contributed by atoms with Gasteiger partial charge in [0.05, 0.1) is 11.5 Å². The number of benzene rings is 2. The van der Waals surface area contributed by atoms with Crippen molar-refractivity contribution in [3.63, 3.8) is 0 Å². The van der Waals surface area contributed by atoms with Crippen molar-refractivity contribution in [3.05, 3.63) is 57.7 Å².